The van der Waals surface area contributed by atoms with E-state index in [0.29, 0.717) is 0 Å². The van der Waals surface area contributed by atoms with E-state index in [9.17, 15) is 0 Å². The number of hydrogen-bond acceptors (Lipinski definition) is 2. The maximum Gasteiger partial charge on any atom is 0.0500 e. The molecule has 0 bridgehead atoms. The molecule has 0 amide bonds. The van der Waals surface area contributed by atoms with Gasteiger partial charge in [0.15, 0.2) is 0 Å². The van der Waals surface area contributed by atoms with Crippen LogP contribution in [0.15, 0.2) is 35.9 Å². The fourth-order valence-electron chi connectivity index (χ4n) is 3.16. The Labute approximate surface area is 134 Å². The lowest BCUT2D eigenvalue weighted by Gasteiger charge is -2.38. The predicted octanol–water partition coefficient (Wildman–Crippen LogP) is 4.41. The quantitative estimate of drug-likeness (QED) is 0.838. The van der Waals surface area contributed by atoms with Gasteiger partial charge in [-0.25, -0.2) is 0 Å². The summed E-state index contributed by atoms with van der Waals surface area (Å²) < 4.78 is 0. The Morgan fingerprint density at radius 3 is 2.48 bits per heavy atom. The summed E-state index contributed by atoms with van der Waals surface area (Å²) in [4.78, 5) is 2.46. The lowest BCUT2D eigenvalue weighted by Crippen LogP contribution is -2.42. The molecule has 0 radical (unpaired) electrons. The fourth-order valence-corrected chi connectivity index (χ4v) is 3.35. The Bertz CT molecular complexity index is 514. The highest BCUT2D eigenvalue weighted by atomic mass is 35.5. The van der Waals surface area contributed by atoms with Gasteiger partial charge in [-0.1, -0.05) is 56.2 Å². The smallest absolute Gasteiger partial charge is 0.0500 e. The van der Waals surface area contributed by atoms with Gasteiger partial charge in [0.25, 0.3) is 0 Å². The van der Waals surface area contributed by atoms with Crippen LogP contribution in [-0.2, 0) is 0 Å². The van der Waals surface area contributed by atoms with Crippen LogP contribution >= 0.6 is 11.6 Å². The molecule has 2 rings (SSSR count). The topological polar surface area (TPSA) is 29.3 Å². The minimum Gasteiger partial charge on any atom is -0.326 e. The van der Waals surface area contributed by atoms with Crippen LogP contribution in [0.25, 0.3) is 0 Å². The molecule has 0 aromatic heterocycles. The number of hydrogen-bond donors (Lipinski definition) is 1. The SMILES string of the molecule is CC(N)C(c1cccc(Cl)c1)N1CC=C(C(C)(C)C)CC1. The molecular formula is C18H27ClN2. The summed E-state index contributed by atoms with van der Waals surface area (Å²) >= 11 is 6.14. The van der Waals surface area contributed by atoms with E-state index in [1.54, 1.807) is 5.57 Å². The first-order valence-corrected chi connectivity index (χ1v) is 8.11. The molecule has 2 N–H and O–H groups in total. The molecule has 1 heterocycles. The highest BCUT2D eigenvalue weighted by Crippen LogP contribution is 2.34. The maximum atomic E-state index is 6.26. The van der Waals surface area contributed by atoms with Crippen LogP contribution in [0.3, 0.4) is 0 Å². The minimum absolute atomic E-state index is 0.0769. The molecule has 2 unspecified atom stereocenters. The van der Waals surface area contributed by atoms with Crippen molar-refractivity contribution in [2.75, 3.05) is 13.1 Å². The zero-order valence-corrected chi connectivity index (χ0v) is 14.3. The standard InChI is InChI=1S/C18H27ClN2/c1-13(20)17(14-6-5-7-16(19)12-14)21-10-8-15(9-11-21)18(2,3)4/h5-8,12-13,17H,9-11,20H2,1-4H3. The van der Waals surface area contributed by atoms with Crippen LogP contribution in [0.1, 0.15) is 45.7 Å². The summed E-state index contributed by atoms with van der Waals surface area (Å²) in [7, 11) is 0. The molecule has 116 valence electrons. The zero-order valence-electron chi connectivity index (χ0n) is 13.6. The van der Waals surface area contributed by atoms with Crippen LogP contribution < -0.4 is 5.73 Å². The summed E-state index contributed by atoms with van der Waals surface area (Å²) in [5, 5.41) is 0.779. The summed E-state index contributed by atoms with van der Waals surface area (Å²) in [5.41, 5.74) is 9.30. The molecule has 0 aliphatic carbocycles. The largest absolute Gasteiger partial charge is 0.326 e. The third-order valence-corrected chi connectivity index (χ3v) is 4.52. The average molecular weight is 307 g/mol. The normalized spacial score (nSPS) is 20.0. The fraction of sp³-hybridized carbons (Fsp3) is 0.556. The Morgan fingerprint density at radius 1 is 1.29 bits per heavy atom. The molecule has 0 saturated carbocycles. The van der Waals surface area contributed by atoms with Gasteiger partial charge in [0.1, 0.15) is 0 Å². The second kappa shape index (κ2) is 6.51. The van der Waals surface area contributed by atoms with Crippen molar-refractivity contribution < 1.29 is 0 Å². The summed E-state index contributed by atoms with van der Waals surface area (Å²) in [6, 6.07) is 8.39. The van der Waals surface area contributed by atoms with Gasteiger partial charge in [-0.05, 0) is 36.5 Å². The number of benzene rings is 1. The van der Waals surface area contributed by atoms with E-state index in [1.165, 1.54) is 5.56 Å². The molecule has 0 saturated heterocycles. The molecule has 2 atom stereocenters. The van der Waals surface area contributed by atoms with Crippen LogP contribution in [0, 0.1) is 5.41 Å². The first-order valence-electron chi connectivity index (χ1n) is 7.73. The second-order valence-corrected chi connectivity index (χ2v) is 7.52. The second-order valence-electron chi connectivity index (χ2n) is 7.08. The highest BCUT2D eigenvalue weighted by Gasteiger charge is 2.28. The van der Waals surface area contributed by atoms with E-state index in [4.69, 9.17) is 17.3 Å². The Hall–Kier alpha value is -0.830. The van der Waals surface area contributed by atoms with E-state index in [0.717, 1.165) is 24.5 Å². The van der Waals surface area contributed by atoms with Crippen LogP contribution in [0.4, 0.5) is 0 Å². The van der Waals surface area contributed by atoms with E-state index < -0.39 is 0 Å². The molecule has 1 aliphatic rings. The Morgan fingerprint density at radius 2 is 2.00 bits per heavy atom. The van der Waals surface area contributed by atoms with Gasteiger partial charge in [0, 0.05) is 30.2 Å². The van der Waals surface area contributed by atoms with Crippen molar-refractivity contribution >= 4 is 11.6 Å². The molecule has 1 aromatic carbocycles. The van der Waals surface area contributed by atoms with Gasteiger partial charge in [0.2, 0.25) is 0 Å². The average Bonchev–Trinajstić information content (AvgIpc) is 2.38. The zero-order chi connectivity index (χ0) is 15.6. The lowest BCUT2D eigenvalue weighted by molar-refractivity contribution is 0.184. The molecular weight excluding hydrogens is 280 g/mol. The van der Waals surface area contributed by atoms with Crippen molar-refractivity contribution in [1.82, 2.24) is 4.90 Å². The van der Waals surface area contributed by atoms with Crippen LogP contribution in [-0.4, -0.2) is 24.0 Å². The molecule has 0 spiro atoms. The van der Waals surface area contributed by atoms with Crippen molar-refractivity contribution in [2.45, 2.75) is 46.2 Å². The summed E-state index contributed by atoms with van der Waals surface area (Å²) in [5.74, 6) is 0. The number of rotatable bonds is 3. The minimum atomic E-state index is 0.0769. The van der Waals surface area contributed by atoms with E-state index >= 15 is 0 Å². The first kappa shape index (κ1) is 16.5. The number of nitrogens with two attached hydrogens (primary N) is 1. The van der Waals surface area contributed by atoms with Gasteiger partial charge < -0.3 is 5.73 Å². The van der Waals surface area contributed by atoms with Gasteiger partial charge in [-0.15, -0.1) is 0 Å². The molecule has 3 heteroatoms. The van der Waals surface area contributed by atoms with Crippen molar-refractivity contribution in [1.29, 1.82) is 0 Å². The van der Waals surface area contributed by atoms with E-state index in [-0.39, 0.29) is 17.5 Å². The third-order valence-electron chi connectivity index (χ3n) is 4.29. The van der Waals surface area contributed by atoms with Crippen LogP contribution in [0.2, 0.25) is 5.02 Å². The molecule has 0 fully saturated rings. The van der Waals surface area contributed by atoms with Crippen molar-refractivity contribution in [3.8, 4) is 0 Å². The summed E-state index contributed by atoms with van der Waals surface area (Å²) in [6.07, 6.45) is 3.50. The van der Waals surface area contributed by atoms with Gasteiger partial charge in [0.05, 0.1) is 0 Å². The Balaban J connectivity index is 2.20. The van der Waals surface area contributed by atoms with Crippen molar-refractivity contribution in [2.24, 2.45) is 11.1 Å². The summed E-state index contributed by atoms with van der Waals surface area (Å²) in [6.45, 7) is 11.0. The lowest BCUT2D eigenvalue weighted by atomic mass is 9.82. The van der Waals surface area contributed by atoms with Gasteiger partial charge in [-0.2, -0.15) is 0 Å². The molecule has 1 aliphatic heterocycles. The molecule has 1 aromatic rings. The van der Waals surface area contributed by atoms with Gasteiger partial charge >= 0.3 is 0 Å². The number of halogens is 1. The van der Waals surface area contributed by atoms with Crippen molar-refractivity contribution in [3.05, 3.63) is 46.5 Å². The van der Waals surface area contributed by atoms with E-state index in [2.05, 4.69) is 44.7 Å². The van der Waals surface area contributed by atoms with E-state index in [1.807, 2.05) is 18.2 Å². The monoisotopic (exact) mass is 306 g/mol. The molecule has 2 nitrogen and oxygen atoms in total. The number of nitrogens with zero attached hydrogens (tertiary/aromatic N) is 1. The molecule has 21 heavy (non-hydrogen) atoms. The predicted molar refractivity (Wildman–Crippen MR) is 91.6 cm³/mol. The van der Waals surface area contributed by atoms with Crippen molar-refractivity contribution in [3.63, 3.8) is 0 Å². The van der Waals surface area contributed by atoms with Gasteiger partial charge in [-0.3, -0.25) is 4.90 Å². The van der Waals surface area contributed by atoms with Crippen LogP contribution in [0.5, 0.6) is 0 Å². The third kappa shape index (κ3) is 4.09. The maximum absolute atomic E-state index is 6.26. The first-order chi connectivity index (χ1) is 9.79. The Kier molecular flexibility index (Phi) is 5.13. The highest BCUT2D eigenvalue weighted by molar-refractivity contribution is 6.30.